The molecular weight excluding hydrogens is 342 g/mol. The average Bonchev–Trinajstić information content (AvgIpc) is 3.35. The molecule has 1 saturated carbocycles. The number of rotatable bonds is 3. The largest absolute Gasteiger partial charge is 0.486 e. The number of hydrogen-bond acceptors (Lipinski definition) is 6. The number of aromatic nitrogens is 2. The van der Waals surface area contributed by atoms with Crippen LogP contribution in [0, 0.1) is 0 Å². The minimum atomic E-state index is 0.200. The van der Waals surface area contributed by atoms with Crippen molar-refractivity contribution in [1.82, 2.24) is 15.0 Å². The van der Waals surface area contributed by atoms with Gasteiger partial charge in [0.2, 0.25) is 5.89 Å². The fourth-order valence-corrected chi connectivity index (χ4v) is 5.06. The molecule has 0 saturated heterocycles. The molecule has 3 heterocycles. The Balaban J connectivity index is 1.53. The van der Waals surface area contributed by atoms with Gasteiger partial charge in [0.05, 0.1) is 6.54 Å². The maximum Gasteiger partial charge on any atom is 0.240 e. The highest BCUT2D eigenvalue weighted by Gasteiger charge is 2.45. The molecule has 6 nitrogen and oxygen atoms in total. The first-order valence-corrected chi connectivity index (χ1v) is 10.2. The van der Waals surface area contributed by atoms with Gasteiger partial charge in [0.25, 0.3) is 0 Å². The second-order valence-corrected chi connectivity index (χ2v) is 8.11. The summed E-state index contributed by atoms with van der Waals surface area (Å²) >= 11 is 0. The molecule has 0 unspecified atom stereocenters. The number of hydrogen-bond donors (Lipinski definition) is 0. The Morgan fingerprint density at radius 3 is 2.59 bits per heavy atom. The Hall–Kier alpha value is -2.08. The van der Waals surface area contributed by atoms with Crippen molar-refractivity contribution in [3.8, 4) is 11.5 Å². The monoisotopic (exact) mass is 369 g/mol. The Labute approximate surface area is 159 Å². The first-order chi connectivity index (χ1) is 13.2. The molecule has 1 fully saturated rings. The number of fused-ring (bicyclic) bond motifs is 3. The van der Waals surface area contributed by atoms with Gasteiger partial charge in [-0.1, -0.05) is 24.9 Å². The van der Waals surface area contributed by atoms with Crippen LogP contribution in [0.15, 0.2) is 16.7 Å². The molecule has 6 heteroatoms. The molecule has 2 aliphatic heterocycles. The SMILES string of the molecule is CCc1noc(CN2CC3(CCCC3)c3cc4c(cc3[C@H]2C)OCCO4)n1. The van der Waals surface area contributed by atoms with Crippen LogP contribution in [0.2, 0.25) is 0 Å². The van der Waals surface area contributed by atoms with Crippen molar-refractivity contribution in [2.75, 3.05) is 19.8 Å². The highest BCUT2D eigenvalue weighted by molar-refractivity contribution is 5.53. The molecule has 0 amide bonds. The molecule has 1 aromatic carbocycles. The third-order valence-corrected chi connectivity index (χ3v) is 6.51. The molecule has 144 valence electrons. The summed E-state index contributed by atoms with van der Waals surface area (Å²) in [5.41, 5.74) is 3.03. The van der Waals surface area contributed by atoms with Gasteiger partial charge in [-0.15, -0.1) is 0 Å². The van der Waals surface area contributed by atoms with Gasteiger partial charge in [0.1, 0.15) is 13.2 Å². The maximum atomic E-state index is 5.89. The smallest absolute Gasteiger partial charge is 0.240 e. The fraction of sp³-hybridized carbons (Fsp3) is 0.619. The van der Waals surface area contributed by atoms with E-state index in [1.54, 1.807) is 0 Å². The van der Waals surface area contributed by atoms with Crippen LogP contribution in [0.4, 0.5) is 0 Å². The predicted octanol–water partition coefficient (Wildman–Crippen LogP) is 3.79. The second-order valence-electron chi connectivity index (χ2n) is 8.11. The minimum absolute atomic E-state index is 0.200. The first kappa shape index (κ1) is 17.0. The molecule has 0 bridgehead atoms. The van der Waals surface area contributed by atoms with E-state index in [2.05, 4.69) is 34.1 Å². The first-order valence-electron chi connectivity index (χ1n) is 10.2. The van der Waals surface area contributed by atoms with Crippen LogP contribution in [0.1, 0.15) is 68.4 Å². The van der Waals surface area contributed by atoms with Gasteiger partial charge < -0.3 is 14.0 Å². The third kappa shape index (κ3) is 2.81. The summed E-state index contributed by atoms with van der Waals surface area (Å²) in [5, 5.41) is 4.07. The molecular formula is C21H27N3O3. The summed E-state index contributed by atoms with van der Waals surface area (Å²) in [6.07, 6.45) is 5.84. The van der Waals surface area contributed by atoms with Gasteiger partial charge in [0.15, 0.2) is 17.3 Å². The van der Waals surface area contributed by atoms with Gasteiger partial charge in [-0.3, -0.25) is 4.90 Å². The zero-order valence-corrected chi connectivity index (χ0v) is 16.2. The maximum absolute atomic E-state index is 5.89. The van der Waals surface area contributed by atoms with Gasteiger partial charge in [0, 0.05) is 24.4 Å². The van der Waals surface area contributed by atoms with Gasteiger partial charge in [-0.05, 0) is 43.0 Å². The van der Waals surface area contributed by atoms with Crippen LogP contribution in [-0.4, -0.2) is 34.8 Å². The van der Waals surface area contributed by atoms with E-state index in [0.29, 0.717) is 25.6 Å². The lowest BCUT2D eigenvalue weighted by molar-refractivity contribution is 0.111. The molecule has 2 aromatic rings. The summed E-state index contributed by atoms with van der Waals surface area (Å²) in [4.78, 5) is 7.03. The van der Waals surface area contributed by atoms with Crippen molar-refractivity contribution >= 4 is 0 Å². The number of aryl methyl sites for hydroxylation is 1. The van der Waals surface area contributed by atoms with E-state index in [0.717, 1.165) is 30.3 Å². The molecule has 5 rings (SSSR count). The van der Waals surface area contributed by atoms with Crippen molar-refractivity contribution in [2.45, 2.75) is 64.0 Å². The number of benzene rings is 1. The molecule has 1 spiro atoms. The molecule has 1 atom stereocenters. The van der Waals surface area contributed by atoms with Gasteiger partial charge >= 0.3 is 0 Å². The van der Waals surface area contributed by atoms with Crippen molar-refractivity contribution in [3.63, 3.8) is 0 Å². The normalized spacial score (nSPS) is 23.6. The topological polar surface area (TPSA) is 60.6 Å². The molecule has 0 radical (unpaired) electrons. The van der Waals surface area contributed by atoms with E-state index in [-0.39, 0.29) is 11.5 Å². The third-order valence-electron chi connectivity index (χ3n) is 6.51. The van der Waals surface area contributed by atoms with Crippen molar-refractivity contribution in [3.05, 3.63) is 35.0 Å². The molecule has 27 heavy (non-hydrogen) atoms. The highest BCUT2D eigenvalue weighted by Crippen LogP contribution is 2.52. The van der Waals surface area contributed by atoms with E-state index < -0.39 is 0 Å². The van der Waals surface area contributed by atoms with E-state index in [4.69, 9.17) is 14.0 Å². The highest BCUT2D eigenvalue weighted by atomic mass is 16.6. The van der Waals surface area contributed by atoms with Crippen LogP contribution in [0.3, 0.4) is 0 Å². The standard InChI is InChI=1S/C21H27N3O3/c1-3-19-22-20(27-23-19)12-24-13-21(6-4-5-7-21)16-11-18-17(25-8-9-26-18)10-15(16)14(24)2/h10-11,14H,3-9,12-13H2,1-2H3/t14-/m1/s1. The summed E-state index contributed by atoms with van der Waals surface area (Å²) in [6, 6.07) is 4.76. The summed E-state index contributed by atoms with van der Waals surface area (Å²) < 4.78 is 17.3. The Kier molecular flexibility index (Phi) is 4.11. The van der Waals surface area contributed by atoms with Crippen LogP contribution in [0.25, 0.3) is 0 Å². The van der Waals surface area contributed by atoms with Crippen molar-refractivity contribution in [1.29, 1.82) is 0 Å². The van der Waals surface area contributed by atoms with Gasteiger partial charge in [-0.2, -0.15) is 4.98 Å². The van der Waals surface area contributed by atoms with E-state index in [1.807, 2.05) is 6.92 Å². The van der Waals surface area contributed by atoms with Gasteiger partial charge in [-0.25, -0.2) is 0 Å². The lowest BCUT2D eigenvalue weighted by Gasteiger charge is -2.46. The average molecular weight is 369 g/mol. The van der Waals surface area contributed by atoms with E-state index >= 15 is 0 Å². The summed E-state index contributed by atoms with van der Waals surface area (Å²) in [6.45, 7) is 7.31. The minimum Gasteiger partial charge on any atom is -0.486 e. The molecule has 0 N–H and O–H groups in total. The second kappa shape index (κ2) is 6.51. The van der Waals surface area contributed by atoms with Crippen LogP contribution >= 0.6 is 0 Å². The summed E-state index contributed by atoms with van der Waals surface area (Å²) in [5.74, 6) is 3.29. The fourth-order valence-electron chi connectivity index (χ4n) is 5.06. The van der Waals surface area contributed by atoms with E-state index in [1.165, 1.54) is 36.8 Å². The number of ether oxygens (including phenoxy) is 2. The lowest BCUT2D eigenvalue weighted by atomic mass is 9.71. The van der Waals surface area contributed by atoms with Crippen molar-refractivity contribution < 1.29 is 14.0 Å². The molecule has 1 aliphatic carbocycles. The lowest BCUT2D eigenvalue weighted by Crippen LogP contribution is -2.45. The Morgan fingerprint density at radius 1 is 1.15 bits per heavy atom. The van der Waals surface area contributed by atoms with E-state index in [9.17, 15) is 0 Å². The predicted molar refractivity (Wildman–Crippen MR) is 100 cm³/mol. The van der Waals surface area contributed by atoms with Crippen LogP contribution in [0.5, 0.6) is 11.5 Å². The Morgan fingerprint density at radius 2 is 1.89 bits per heavy atom. The summed E-state index contributed by atoms with van der Waals surface area (Å²) in [7, 11) is 0. The quantitative estimate of drug-likeness (QED) is 0.820. The number of nitrogens with zero attached hydrogens (tertiary/aromatic N) is 3. The molecule has 1 aromatic heterocycles. The zero-order valence-electron chi connectivity index (χ0n) is 16.2. The Bertz CT molecular complexity index is 841. The molecule has 3 aliphatic rings. The van der Waals surface area contributed by atoms with Crippen LogP contribution in [-0.2, 0) is 18.4 Å². The van der Waals surface area contributed by atoms with Crippen molar-refractivity contribution in [2.24, 2.45) is 0 Å². The zero-order chi connectivity index (χ0) is 18.4. The van der Waals surface area contributed by atoms with Crippen LogP contribution < -0.4 is 9.47 Å².